The van der Waals surface area contributed by atoms with Gasteiger partial charge < -0.3 is 24.8 Å². The van der Waals surface area contributed by atoms with E-state index in [1.54, 1.807) is 14.1 Å². The Balaban J connectivity index is 3.30. The van der Waals surface area contributed by atoms with Crippen molar-refractivity contribution in [2.45, 2.75) is 25.9 Å². The lowest BCUT2D eigenvalue weighted by atomic mass is 10.3. The Labute approximate surface area is 116 Å². The fraction of sp³-hybridized carbons (Fsp3) is 0.923. The average molecular weight is 276 g/mol. The number of amides is 1. The minimum Gasteiger partial charge on any atom is -0.389 e. The molecule has 0 aromatic carbocycles. The van der Waals surface area contributed by atoms with Gasteiger partial charge in [-0.2, -0.15) is 0 Å². The first-order valence-corrected chi connectivity index (χ1v) is 6.82. The molecule has 0 saturated carbocycles. The van der Waals surface area contributed by atoms with E-state index >= 15 is 0 Å². The summed E-state index contributed by atoms with van der Waals surface area (Å²) in [6, 6.07) is 0. The number of carbonyl (C=O) groups excluding carboxylic acids is 1. The van der Waals surface area contributed by atoms with Gasteiger partial charge in [-0.15, -0.1) is 0 Å². The van der Waals surface area contributed by atoms with Gasteiger partial charge in [-0.1, -0.05) is 13.3 Å². The van der Waals surface area contributed by atoms with Crippen LogP contribution in [0.4, 0.5) is 0 Å². The molecule has 1 atom stereocenters. The highest BCUT2D eigenvalue weighted by Crippen LogP contribution is 1.89. The minimum atomic E-state index is -0.606. The number of aliphatic hydroxyl groups excluding tert-OH is 1. The first-order valence-electron chi connectivity index (χ1n) is 6.82. The van der Waals surface area contributed by atoms with Gasteiger partial charge >= 0.3 is 0 Å². The van der Waals surface area contributed by atoms with Crippen molar-refractivity contribution in [2.24, 2.45) is 0 Å². The number of likely N-dealkylation sites (N-methyl/N-ethyl adjacent to an activating group) is 1. The number of aliphatic hydroxyl groups is 1. The highest BCUT2D eigenvalue weighted by Gasteiger charge is 2.07. The van der Waals surface area contributed by atoms with E-state index in [4.69, 9.17) is 9.47 Å². The molecule has 0 aromatic rings. The van der Waals surface area contributed by atoms with Crippen LogP contribution in [0.2, 0.25) is 0 Å². The number of carbonyl (C=O) groups is 1. The molecule has 0 aliphatic rings. The van der Waals surface area contributed by atoms with Gasteiger partial charge in [0.2, 0.25) is 5.91 Å². The van der Waals surface area contributed by atoms with Crippen molar-refractivity contribution in [3.63, 3.8) is 0 Å². The normalized spacial score (nSPS) is 12.4. The Hall–Kier alpha value is -0.690. The summed E-state index contributed by atoms with van der Waals surface area (Å²) in [4.78, 5) is 12.7. The second-order valence-electron chi connectivity index (χ2n) is 4.61. The maximum absolute atomic E-state index is 11.2. The quantitative estimate of drug-likeness (QED) is 0.485. The van der Waals surface area contributed by atoms with Gasteiger partial charge in [0.1, 0.15) is 0 Å². The number of hydrogen-bond donors (Lipinski definition) is 2. The van der Waals surface area contributed by atoms with Gasteiger partial charge in [0, 0.05) is 27.2 Å². The van der Waals surface area contributed by atoms with E-state index in [9.17, 15) is 9.90 Å². The predicted octanol–water partition coefficient (Wildman–Crippen LogP) is -0.142. The maximum atomic E-state index is 11.2. The highest BCUT2D eigenvalue weighted by atomic mass is 16.5. The number of unbranched alkanes of at least 4 members (excludes halogenated alkanes) is 1. The van der Waals surface area contributed by atoms with E-state index < -0.39 is 6.10 Å². The van der Waals surface area contributed by atoms with E-state index in [0.29, 0.717) is 19.8 Å². The summed E-state index contributed by atoms with van der Waals surface area (Å²) in [5, 5.41) is 12.5. The van der Waals surface area contributed by atoms with Crippen LogP contribution >= 0.6 is 0 Å². The molecule has 1 unspecified atom stereocenters. The van der Waals surface area contributed by atoms with Gasteiger partial charge in [-0.05, 0) is 6.42 Å². The molecule has 0 aromatic heterocycles. The molecule has 0 rings (SSSR count). The molecule has 1 amide bonds. The number of rotatable bonds is 12. The van der Waals surface area contributed by atoms with Gasteiger partial charge in [-0.3, -0.25) is 4.79 Å². The summed E-state index contributed by atoms with van der Waals surface area (Å²) in [5.41, 5.74) is 0. The predicted molar refractivity (Wildman–Crippen MR) is 74.1 cm³/mol. The van der Waals surface area contributed by atoms with Crippen LogP contribution in [0.15, 0.2) is 0 Å². The zero-order chi connectivity index (χ0) is 14.5. The second kappa shape index (κ2) is 12.3. The second-order valence-corrected chi connectivity index (χ2v) is 4.61. The molecule has 6 heteroatoms. The first kappa shape index (κ1) is 18.3. The Bertz CT molecular complexity index is 225. The molecular weight excluding hydrogens is 248 g/mol. The summed E-state index contributed by atoms with van der Waals surface area (Å²) >= 11 is 0. The number of ether oxygens (including phenoxy) is 2. The fourth-order valence-corrected chi connectivity index (χ4v) is 1.25. The molecule has 0 heterocycles. The molecule has 0 fully saturated rings. The van der Waals surface area contributed by atoms with Crippen LogP contribution in [0, 0.1) is 0 Å². The van der Waals surface area contributed by atoms with Crippen LogP contribution < -0.4 is 5.32 Å². The van der Waals surface area contributed by atoms with Crippen molar-refractivity contribution in [1.82, 2.24) is 10.2 Å². The average Bonchev–Trinajstić information content (AvgIpc) is 2.37. The van der Waals surface area contributed by atoms with Gasteiger partial charge in [-0.25, -0.2) is 0 Å². The molecule has 0 aliphatic heterocycles. The summed E-state index contributed by atoms with van der Waals surface area (Å²) < 4.78 is 10.6. The van der Waals surface area contributed by atoms with E-state index in [0.717, 1.165) is 19.4 Å². The summed E-state index contributed by atoms with van der Waals surface area (Å²) in [6.45, 7) is 4.73. The van der Waals surface area contributed by atoms with Crippen LogP contribution in [0.3, 0.4) is 0 Å². The molecule has 0 aliphatic carbocycles. The van der Waals surface area contributed by atoms with Crippen molar-refractivity contribution in [2.75, 3.05) is 53.6 Å². The zero-order valence-corrected chi connectivity index (χ0v) is 12.4. The zero-order valence-electron chi connectivity index (χ0n) is 12.4. The molecule has 0 radical (unpaired) electrons. The van der Waals surface area contributed by atoms with E-state index in [2.05, 4.69) is 12.2 Å². The molecule has 6 nitrogen and oxygen atoms in total. The summed E-state index contributed by atoms with van der Waals surface area (Å²) in [7, 11) is 3.39. The Kier molecular flexibility index (Phi) is 11.9. The topological polar surface area (TPSA) is 71.0 Å². The van der Waals surface area contributed by atoms with Gasteiger partial charge in [0.25, 0.3) is 0 Å². The van der Waals surface area contributed by atoms with Gasteiger partial charge in [0.15, 0.2) is 0 Å². The molecule has 0 saturated heterocycles. The minimum absolute atomic E-state index is 0.0163. The van der Waals surface area contributed by atoms with Crippen molar-refractivity contribution >= 4 is 5.91 Å². The lowest BCUT2D eigenvalue weighted by molar-refractivity contribution is -0.127. The number of nitrogens with zero attached hydrogens (tertiary/aromatic N) is 1. The van der Waals surface area contributed by atoms with Crippen molar-refractivity contribution in [1.29, 1.82) is 0 Å². The molecule has 19 heavy (non-hydrogen) atoms. The molecule has 0 bridgehead atoms. The van der Waals surface area contributed by atoms with Crippen molar-refractivity contribution in [3.05, 3.63) is 0 Å². The molecular formula is C13H28N2O4. The standard InChI is InChI=1S/C13H28N2O4/c1-4-5-6-18-7-8-19-11-12(16)9-14-10-13(17)15(2)3/h12,14,16H,4-11H2,1-3H3. The summed E-state index contributed by atoms with van der Waals surface area (Å²) in [5.74, 6) is -0.0163. The van der Waals surface area contributed by atoms with Crippen LogP contribution in [0.5, 0.6) is 0 Å². The third-order valence-electron chi connectivity index (χ3n) is 2.48. The number of hydrogen-bond acceptors (Lipinski definition) is 5. The largest absolute Gasteiger partial charge is 0.389 e. The monoisotopic (exact) mass is 276 g/mol. The van der Waals surface area contributed by atoms with Crippen molar-refractivity contribution < 1.29 is 19.4 Å². The number of nitrogens with one attached hydrogen (secondary N) is 1. The SMILES string of the molecule is CCCCOCCOCC(O)CNCC(=O)N(C)C. The maximum Gasteiger partial charge on any atom is 0.236 e. The third kappa shape index (κ3) is 12.1. The van der Waals surface area contributed by atoms with Crippen LogP contribution in [-0.4, -0.2) is 75.6 Å². The van der Waals surface area contributed by atoms with E-state index in [1.165, 1.54) is 4.90 Å². The Morgan fingerprint density at radius 3 is 2.58 bits per heavy atom. The van der Waals surface area contributed by atoms with Gasteiger partial charge in [0.05, 0.1) is 32.5 Å². The smallest absolute Gasteiger partial charge is 0.236 e. The summed E-state index contributed by atoms with van der Waals surface area (Å²) in [6.07, 6.45) is 1.58. The molecule has 0 spiro atoms. The molecule has 2 N–H and O–H groups in total. The Morgan fingerprint density at radius 2 is 1.95 bits per heavy atom. The van der Waals surface area contributed by atoms with Crippen LogP contribution in [0.25, 0.3) is 0 Å². The van der Waals surface area contributed by atoms with E-state index in [1.807, 2.05) is 0 Å². The Morgan fingerprint density at radius 1 is 1.26 bits per heavy atom. The lowest BCUT2D eigenvalue weighted by Crippen LogP contribution is -2.38. The molecule has 114 valence electrons. The van der Waals surface area contributed by atoms with Crippen molar-refractivity contribution in [3.8, 4) is 0 Å². The van der Waals surface area contributed by atoms with Crippen LogP contribution in [0.1, 0.15) is 19.8 Å². The highest BCUT2D eigenvalue weighted by molar-refractivity contribution is 5.77. The van der Waals surface area contributed by atoms with E-state index in [-0.39, 0.29) is 19.1 Å². The lowest BCUT2D eigenvalue weighted by Gasteiger charge is -2.14. The van der Waals surface area contributed by atoms with Crippen LogP contribution in [-0.2, 0) is 14.3 Å². The third-order valence-corrected chi connectivity index (χ3v) is 2.48. The first-order chi connectivity index (χ1) is 9.07. The fourth-order valence-electron chi connectivity index (χ4n) is 1.25.